The van der Waals surface area contributed by atoms with E-state index >= 15 is 4.79 Å². The average molecular weight is 660 g/mol. The molecule has 1 fully saturated rings. The van der Waals surface area contributed by atoms with Crippen molar-refractivity contribution in [3.63, 3.8) is 0 Å². The van der Waals surface area contributed by atoms with Crippen LogP contribution >= 0.6 is 0 Å². The number of hydrogen-bond donors (Lipinski definition) is 3. The average Bonchev–Trinajstić information content (AvgIpc) is 3.14. The molecule has 0 heterocycles. The molecular weight excluding hydrogens is 613 g/mol. The quantitative estimate of drug-likeness (QED) is 0.119. The molecule has 9 heteroatoms. The van der Waals surface area contributed by atoms with Crippen molar-refractivity contribution in [2.24, 2.45) is 0 Å². The Labute approximate surface area is 290 Å². The first-order valence-corrected chi connectivity index (χ1v) is 17.2. The number of nitrogens with one attached hydrogen (secondary N) is 2. The Kier molecular flexibility index (Phi) is 12.8. The summed E-state index contributed by atoms with van der Waals surface area (Å²) in [7, 11) is 0.256. The number of hydrogen-bond acceptors (Lipinski definition) is 6. The van der Waals surface area contributed by atoms with Gasteiger partial charge < -0.3 is 25.2 Å². The van der Waals surface area contributed by atoms with E-state index in [0.29, 0.717) is 5.56 Å². The first-order valence-electron chi connectivity index (χ1n) is 17.2. The van der Waals surface area contributed by atoms with Crippen molar-refractivity contribution in [2.75, 3.05) is 7.11 Å². The summed E-state index contributed by atoms with van der Waals surface area (Å²) in [4.78, 5) is 46.0. The topological polar surface area (TPSA) is 108 Å². The maximum absolute atomic E-state index is 15.6. The van der Waals surface area contributed by atoms with Gasteiger partial charge in [-0.05, 0) is 41.9 Å². The zero-order chi connectivity index (χ0) is 34.6. The van der Waals surface area contributed by atoms with Crippen molar-refractivity contribution >= 4 is 24.8 Å². The summed E-state index contributed by atoms with van der Waals surface area (Å²) in [5.74, 6) is -2.32. The van der Waals surface area contributed by atoms with Gasteiger partial charge in [0.25, 0.3) is 0 Å². The first-order chi connectivity index (χ1) is 23.9. The predicted octanol–water partition coefficient (Wildman–Crippen LogP) is 5.69. The molecule has 0 spiro atoms. The van der Waals surface area contributed by atoms with Crippen LogP contribution in [0.2, 0.25) is 6.82 Å². The van der Waals surface area contributed by atoms with E-state index in [9.17, 15) is 14.6 Å². The minimum absolute atomic E-state index is 0.0755. The van der Waals surface area contributed by atoms with Crippen molar-refractivity contribution in [3.05, 3.63) is 144 Å². The van der Waals surface area contributed by atoms with Crippen LogP contribution in [0.4, 0.5) is 0 Å². The molecule has 3 N–H and O–H groups in total. The van der Waals surface area contributed by atoms with Crippen molar-refractivity contribution in [2.45, 2.75) is 75.4 Å². The third kappa shape index (κ3) is 9.25. The Morgan fingerprint density at radius 2 is 1.27 bits per heavy atom. The molecule has 4 aromatic rings. The van der Waals surface area contributed by atoms with Crippen LogP contribution in [0.1, 0.15) is 66.3 Å². The van der Waals surface area contributed by atoms with Gasteiger partial charge in [0.1, 0.15) is 12.1 Å². The summed E-state index contributed by atoms with van der Waals surface area (Å²) in [6, 6.07) is 34.2. The number of carbonyl (C=O) groups excluding carboxylic acids is 3. The monoisotopic (exact) mass is 659 g/mol. The van der Waals surface area contributed by atoms with E-state index < -0.39 is 48.9 Å². The van der Waals surface area contributed by atoms with Gasteiger partial charge in [-0.2, -0.15) is 0 Å². The molecule has 1 saturated carbocycles. The molecule has 3 atom stereocenters. The molecule has 2 amide bonds. The first kappa shape index (κ1) is 35.6. The number of carbonyl (C=O) groups is 3. The minimum atomic E-state index is -1.26. The molecule has 4 aromatic carbocycles. The highest BCUT2D eigenvalue weighted by atomic mass is 16.5. The van der Waals surface area contributed by atoms with E-state index in [0.717, 1.165) is 48.8 Å². The number of esters is 1. The van der Waals surface area contributed by atoms with Crippen LogP contribution < -0.4 is 10.5 Å². The van der Waals surface area contributed by atoms with E-state index in [1.165, 1.54) is 12.0 Å². The summed E-state index contributed by atoms with van der Waals surface area (Å²) in [6.45, 7) is 1.58. The lowest BCUT2D eigenvalue weighted by molar-refractivity contribution is -0.158. The number of ether oxygens (including phenoxy) is 1. The Morgan fingerprint density at radius 1 is 0.776 bits per heavy atom. The van der Waals surface area contributed by atoms with Crippen molar-refractivity contribution in [1.82, 2.24) is 15.4 Å². The van der Waals surface area contributed by atoms with Gasteiger partial charge in [0.05, 0.1) is 19.1 Å². The zero-order valence-electron chi connectivity index (χ0n) is 28.3. The summed E-state index contributed by atoms with van der Waals surface area (Å²) in [6.07, 6.45) is 4.86. The Hall–Kier alpha value is -4.73. The Bertz CT molecular complexity index is 1580. The smallest absolute Gasteiger partial charge is 0.374 e. The molecule has 8 nitrogen and oxygen atoms in total. The van der Waals surface area contributed by atoms with Gasteiger partial charge in [-0.3, -0.25) is 9.59 Å². The van der Waals surface area contributed by atoms with E-state index in [1.54, 1.807) is 6.82 Å². The van der Waals surface area contributed by atoms with E-state index in [-0.39, 0.29) is 12.5 Å². The fraction of sp³-hybridized carbons (Fsp3) is 0.325. The number of rotatable bonds is 14. The third-order valence-corrected chi connectivity index (χ3v) is 9.26. The molecule has 49 heavy (non-hydrogen) atoms. The van der Waals surface area contributed by atoms with Crippen LogP contribution in [0.3, 0.4) is 0 Å². The van der Waals surface area contributed by atoms with Crippen LogP contribution in [0.15, 0.2) is 121 Å². The summed E-state index contributed by atoms with van der Waals surface area (Å²) in [5, 5.41) is 17.3. The lowest BCUT2D eigenvalue weighted by Crippen LogP contribution is -2.63. The number of methoxy groups -OCH3 is 1. The normalized spacial score (nSPS) is 15.1. The second-order valence-electron chi connectivity index (χ2n) is 12.7. The standard InChI is InChI=1S/C40H46BN3O5/c1-41(48)43-36(32-24-14-6-15-25-32)37(38(45)42-33-26-16-7-17-27-33)44(34(40(47)49-2)28-29-18-8-3-9-19-29)39(46)35(30-20-10-4-11-21-30)31-22-12-5-13-23-31/h3-6,8-15,18-25,33-37,43,48H,7,16-17,26-28H2,1-2H3,(H,42,45). The van der Waals surface area contributed by atoms with Gasteiger partial charge in [-0.15, -0.1) is 0 Å². The second kappa shape index (κ2) is 17.6. The summed E-state index contributed by atoms with van der Waals surface area (Å²) in [5.41, 5.74) is 2.93. The van der Waals surface area contributed by atoms with Crippen molar-refractivity contribution < 1.29 is 24.1 Å². The van der Waals surface area contributed by atoms with Gasteiger partial charge in [0, 0.05) is 12.5 Å². The Morgan fingerprint density at radius 3 is 1.76 bits per heavy atom. The van der Waals surface area contributed by atoms with Gasteiger partial charge in [0.15, 0.2) is 0 Å². The van der Waals surface area contributed by atoms with E-state index in [2.05, 4.69) is 10.5 Å². The highest BCUT2D eigenvalue weighted by molar-refractivity contribution is 6.45. The van der Waals surface area contributed by atoms with Crippen LogP contribution in [-0.4, -0.2) is 60.0 Å². The SMILES string of the molecule is COC(=O)C(Cc1ccccc1)N(C(=O)C(c1ccccc1)c1ccccc1)C(C(=O)NC1CCCCC1)C(NB(C)O)c1ccccc1. The van der Waals surface area contributed by atoms with Gasteiger partial charge in [0.2, 0.25) is 11.8 Å². The summed E-state index contributed by atoms with van der Waals surface area (Å²) >= 11 is 0. The van der Waals surface area contributed by atoms with E-state index in [4.69, 9.17) is 4.74 Å². The molecule has 254 valence electrons. The van der Waals surface area contributed by atoms with Crippen molar-refractivity contribution in [1.29, 1.82) is 0 Å². The van der Waals surface area contributed by atoms with Crippen LogP contribution in [0.5, 0.6) is 0 Å². The van der Waals surface area contributed by atoms with Gasteiger partial charge in [-0.1, -0.05) is 141 Å². The second-order valence-corrected chi connectivity index (χ2v) is 12.7. The third-order valence-electron chi connectivity index (χ3n) is 9.26. The number of benzene rings is 4. The molecule has 0 bridgehead atoms. The zero-order valence-corrected chi connectivity index (χ0v) is 28.3. The predicted molar refractivity (Wildman–Crippen MR) is 192 cm³/mol. The lowest BCUT2D eigenvalue weighted by Gasteiger charge is -2.43. The molecule has 1 aliphatic carbocycles. The number of amides is 2. The fourth-order valence-corrected chi connectivity index (χ4v) is 6.93. The lowest BCUT2D eigenvalue weighted by atomic mass is 9.82. The van der Waals surface area contributed by atoms with Crippen LogP contribution in [0.25, 0.3) is 0 Å². The van der Waals surface area contributed by atoms with Crippen LogP contribution in [0, 0.1) is 0 Å². The molecule has 1 aliphatic rings. The van der Waals surface area contributed by atoms with E-state index in [1.807, 2.05) is 121 Å². The summed E-state index contributed by atoms with van der Waals surface area (Å²) < 4.78 is 5.42. The maximum Gasteiger partial charge on any atom is 0.374 e. The molecule has 0 aliphatic heterocycles. The molecule has 5 rings (SSSR count). The van der Waals surface area contributed by atoms with Crippen LogP contribution in [-0.2, 0) is 25.5 Å². The fourth-order valence-electron chi connectivity index (χ4n) is 6.93. The number of nitrogens with zero attached hydrogens (tertiary/aromatic N) is 1. The highest BCUT2D eigenvalue weighted by Gasteiger charge is 2.47. The minimum Gasteiger partial charge on any atom is -0.467 e. The molecule has 0 saturated heterocycles. The molecule has 3 unspecified atom stereocenters. The van der Waals surface area contributed by atoms with Gasteiger partial charge in [-0.25, -0.2) is 4.79 Å². The Balaban J connectivity index is 1.75. The highest BCUT2D eigenvalue weighted by Crippen LogP contribution is 2.33. The largest absolute Gasteiger partial charge is 0.467 e. The maximum atomic E-state index is 15.6. The van der Waals surface area contributed by atoms with Crippen molar-refractivity contribution in [3.8, 4) is 0 Å². The van der Waals surface area contributed by atoms with Gasteiger partial charge >= 0.3 is 13.0 Å². The molecular formula is C40H46BN3O5. The molecule has 0 radical (unpaired) electrons. The molecule has 0 aromatic heterocycles.